The maximum absolute atomic E-state index is 2.58. The Balaban J connectivity index is 1.31. The normalized spacial score (nSPS) is 17.1. The van der Waals surface area contributed by atoms with Crippen LogP contribution in [0.4, 0.5) is 22.7 Å². The SMILES string of the molecule is C1=CC2=[N+](c3cccc4c3sc3ccccc34)c3ccccc3N3c4ccc5c(sc6ccccc65)c4C(=C1)C23. The summed E-state index contributed by atoms with van der Waals surface area (Å²) < 4.78 is 7.95. The molecule has 1 aliphatic carbocycles. The van der Waals surface area contributed by atoms with Crippen LogP contribution < -0.4 is 9.48 Å². The van der Waals surface area contributed by atoms with Crippen LogP contribution in [0.1, 0.15) is 5.56 Å². The van der Waals surface area contributed by atoms with Gasteiger partial charge in [0, 0.05) is 59.4 Å². The van der Waals surface area contributed by atoms with Gasteiger partial charge in [-0.15, -0.1) is 22.7 Å². The van der Waals surface area contributed by atoms with Crippen LogP contribution in [0, 0.1) is 0 Å². The minimum Gasteiger partial charge on any atom is -0.318 e. The number of fused-ring (bicyclic) bond motifs is 12. The average Bonchev–Trinajstić information content (AvgIpc) is 3.68. The summed E-state index contributed by atoms with van der Waals surface area (Å²) >= 11 is 3.83. The molecule has 10 rings (SSSR count). The van der Waals surface area contributed by atoms with Gasteiger partial charge in [0.05, 0.1) is 5.69 Å². The second-order valence-electron chi connectivity index (χ2n) is 10.7. The van der Waals surface area contributed by atoms with Crippen molar-refractivity contribution < 1.29 is 0 Å². The van der Waals surface area contributed by atoms with Gasteiger partial charge in [-0.1, -0.05) is 78.9 Å². The van der Waals surface area contributed by atoms with E-state index in [-0.39, 0.29) is 6.04 Å². The Bertz CT molecular complexity index is 2350. The monoisotopic (exact) mass is 545 g/mol. The zero-order chi connectivity index (χ0) is 25.9. The molecule has 5 aromatic carbocycles. The van der Waals surface area contributed by atoms with Crippen LogP contribution in [0.15, 0.2) is 121 Å². The van der Waals surface area contributed by atoms with E-state index in [4.69, 9.17) is 0 Å². The minimum absolute atomic E-state index is 0.135. The summed E-state index contributed by atoms with van der Waals surface area (Å²) in [7, 11) is 0. The number of anilines is 2. The summed E-state index contributed by atoms with van der Waals surface area (Å²) in [5.74, 6) is 0. The molecule has 2 nitrogen and oxygen atoms in total. The third-order valence-electron chi connectivity index (χ3n) is 8.71. The third kappa shape index (κ3) is 2.56. The van der Waals surface area contributed by atoms with Gasteiger partial charge >= 0.3 is 0 Å². The van der Waals surface area contributed by atoms with E-state index in [1.807, 2.05) is 22.7 Å². The lowest BCUT2D eigenvalue weighted by atomic mass is 9.91. The van der Waals surface area contributed by atoms with Crippen LogP contribution in [0.3, 0.4) is 0 Å². The molecular formula is C36H21N2S2+. The van der Waals surface area contributed by atoms with Crippen molar-refractivity contribution in [2.75, 3.05) is 4.90 Å². The molecule has 0 spiro atoms. The van der Waals surface area contributed by atoms with Crippen LogP contribution in [-0.4, -0.2) is 11.8 Å². The fourth-order valence-electron chi connectivity index (χ4n) is 7.12. The smallest absolute Gasteiger partial charge is 0.235 e. The van der Waals surface area contributed by atoms with E-state index in [0.717, 1.165) is 0 Å². The molecule has 0 saturated heterocycles. The van der Waals surface area contributed by atoms with Gasteiger partial charge < -0.3 is 4.90 Å². The summed E-state index contributed by atoms with van der Waals surface area (Å²) in [6.45, 7) is 0. The predicted octanol–water partition coefficient (Wildman–Crippen LogP) is 10.2. The van der Waals surface area contributed by atoms with Gasteiger partial charge in [0.25, 0.3) is 0 Å². The van der Waals surface area contributed by atoms with Gasteiger partial charge in [-0.3, -0.25) is 0 Å². The fraction of sp³-hybridized carbons (Fsp3) is 0.0278. The van der Waals surface area contributed by atoms with Gasteiger partial charge in [-0.25, -0.2) is 0 Å². The van der Waals surface area contributed by atoms with Gasteiger partial charge in [0.2, 0.25) is 17.1 Å². The van der Waals surface area contributed by atoms with Crippen molar-refractivity contribution in [2.24, 2.45) is 0 Å². The number of hydrogen-bond donors (Lipinski definition) is 0. The van der Waals surface area contributed by atoms with E-state index in [9.17, 15) is 0 Å². The highest BCUT2D eigenvalue weighted by Crippen LogP contribution is 2.56. The van der Waals surface area contributed by atoms with Crippen LogP contribution >= 0.6 is 22.7 Å². The first-order valence-corrected chi connectivity index (χ1v) is 15.3. The molecule has 3 aliphatic rings. The van der Waals surface area contributed by atoms with E-state index in [1.54, 1.807) is 0 Å². The highest BCUT2D eigenvalue weighted by Gasteiger charge is 2.49. The lowest BCUT2D eigenvalue weighted by Crippen LogP contribution is -2.43. The number of rotatable bonds is 1. The lowest BCUT2D eigenvalue weighted by molar-refractivity contribution is 0.936. The summed E-state index contributed by atoms with van der Waals surface area (Å²) in [4.78, 5) is 2.58. The molecule has 0 amide bonds. The van der Waals surface area contributed by atoms with E-state index in [2.05, 4.69) is 131 Å². The molecule has 0 saturated carbocycles. The van der Waals surface area contributed by atoms with E-state index < -0.39 is 0 Å². The van der Waals surface area contributed by atoms with Crippen molar-refractivity contribution >= 4 is 97.1 Å². The van der Waals surface area contributed by atoms with Gasteiger partial charge in [-0.2, -0.15) is 4.58 Å². The second-order valence-corrected chi connectivity index (χ2v) is 12.8. The summed E-state index contributed by atoms with van der Waals surface area (Å²) in [6, 6.07) is 38.2. The summed E-state index contributed by atoms with van der Waals surface area (Å²) in [5.41, 5.74) is 9.16. The minimum atomic E-state index is 0.135. The number of benzene rings is 5. The highest BCUT2D eigenvalue weighted by atomic mass is 32.1. The molecule has 7 aromatic rings. The Labute approximate surface area is 238 Å². The number of allylic oxidation sites excluding steroid dienone is 2. The first-order chi connectivity index (χ1) is 19.9. The molecular weight excluding hydrogens is 525 g/mol. The van der Waals surface area contributed by atoms with E-state index in [0.29, 0.717) is 0 Å². The Morgan fingerprint density at radius 1 is 0.575 bits per heavy atom. The first-order valence-electron chi connectivity index (χ1n) is 13.7. The second kappa shape index (κ2) is 7.57. The predicted molar refractivity (Wildman–Crippen MR) is 175 cm³/mol. The van der Waals surface area contributed by atoms with Crippen molar-refractivity contribution in [3.05, 3.63) is 127 Å². The zero-order valence-electron chi connectivity index (χ0n) is 21.3. The molecule has 4 heterocycles. The molecule has 2 aromatic heterocycles. The molecule has 40 heavy (non-hydrogen) atoms. The van der Waals surface area contributed by atoms with Gasteiger partial charge in [0.1, 0.15) is 16.4 Å². The summed E-state index contributed by atoms with van der Waals surface area (Å²) in [5, 5.41) is 5.37. The first kappa shape index (κ1) is 21.3. The Kier molecular flexibility index (Phi) is 4.04. The average molecular weight is 546 g/mol. The van der Waals surface area contributed by atoms with Crippen LogP contribution in [0.25, 0.3) is 45.9 Å². The van der Waals surface area contributed by atoms with Gasteiger partial charge in [0.15, 0.2) is 0 Å². The lowest BCUT2D eigenvalue weighted by Gasteiger charge is -2.32. The maximum atomic E-state index is 2.58. The molecule has 4 heteroatoms. The van der Waals surface area contributed by atoms with Crippen molar-refractivity contribution in [3.8, 4) is 0 Å². The van der Waals surface area contributed by atoms with Crippen molar-refractivity contribution in [2.45, 2.75) is 6.04 Å². The van der Waals surface area contributed by atoms with Crippen LogP contribution in [0.2, 0.25) is 0 Å². The molecule has 0 fully saturated rings. The quantitative estimate of drug-likeness (QED) is 0.186. The number of hydrogen-bond acceptors (Lipinski definition) is 3. The van der Waals surface area contributed by atoms with Crippen LogP contribution in [0.5, 0.6) is 0 Å². The maximum Gasteiger partial charge on any atom is 0.235 e. The van der Waals surface area contributed by atoms with Gasteiger partial charge in [-0.05, 0) is 29.8 Å². The molecule has 2 aliphatic heterocycles. The summed E-state index contributed by atoms with van der Waals surface area (Å²) in [6.07, 6.45) is 6.94. The molecule has 0 N–H and O–H groups in total. The van der Waals surface area contributed by atoms with Crippen LogP contribution in [-0.2, 0) is 0 Å². The Morgan fingerprint density at radius 3 is 2.10 bits per heavy atom. The molecule has 186 valence electrons. The molecule has 0 radical (unpaired) electrons. The molecule has 1 atom stereocenters. The van der Waals surface area contributed by atoms with E-state index >= 15 is 0 Å². The zero-order valence-corrected chi connectivity index (χ0v) is 23.0. The number of para-hydroxylation sites is 2. The third-order valence-corrected chi connectivity index (χ3v) is 11.1. The molecule has 0 bridgehead atoms. The Hall–Kier alpha value is -4.51. The molecule has 1 unspecified atom stereocenters. The van der Waals surface area contributed by atoms with Crippen molar-refractivity contribution in [1.82, 2.24) is 4.58 Å². The van der Waals surface area contributed by atoms with E-state index in [1.165, 1.54) is 79.9 Å². The van der Waals surface area contributed by atoms with Crippen molar-refractivity contribution in [1.29, 1.82) is 0 Å². The number of thiophene rings is 2. The number of nitrogens with zero attached hydrogens (tertiary/aromatic N) is 2. The van der Waals surface area contributed by atoms with Crippen molar-refractivity contribution in [3.63, 3.8) is 0 Å². The topological polar surface area (TPSA) is 6.25 Å². The highest BCUT2D eigenvalue weighted by molar-refractivity contribution is 7.26. The Morgan fingerprint density at radius 2 is 1.25 bits per heavy atom. The standard InChI is InChI=1S/C36H21N2S2/c1-5-17-31-21(9-1)23-11-7-16-30(35(23)39-31)37-26-13-3-4-14-27(26)38-28-20-19-24-22-10-2-6-18-32(22)40-36(24)33(28)25-12-8-15-29(37)34(25)38/h1-20,34H/q+1. The fourth-order valence-corrected chi connectivity index (χ4v) is 9.59. The largest absolute Gasteiger partial charge is 0.318 e.